The molecule has 2 aromatic carbocycles. The Morgan fingerprint density at radius 2 is 1.96 bits per heavy atom. The monoisotopic (exact) mass is 369 g/mol. The number of amides is 1. The van der Waals surface area contributed by atoms with Crippen LogP contribution >= 0.6 is 0 Å². The van der Waals surface area contributed by atoms with Crippen molar-refractivity contribution in [1.82, 2.24) is 4.57 Å². The molecule has 0 aliphatic heterocycles. The molecule has 0 atom stereocenters. The minimum atomic E-state index is -0.740. The van der Waals surface area contributed by atoms with Gasteiger partial charge in [-0.25, -0.2) is 4.79 Å². The highest BCUT2D eigenvalue weighted by atomic mass is 16.6. The Morgan fingerprint density at radius 3 is 2.63 bits per heavy atom. The van der Waals surface area contributed by atoms with E-state index in [1.54, 1.807) is 0 Å². The molecular weight excluding hydrogens is 350 g/mol. The number of nitro groups is 1. The summed E-state index contributed by atoms with van der Waals surface area (Å²) in [5.74, 6) is -1.13. The van der Waals surface area contributed by atoms with Crippen LogP contribution in [0.15, 0.2) is 51.7 Å². The van der Waals surface area contributed by atoms with Crippen LogP contribution in [0.3, 0.4) is 0 Å². The molecule has 8 nitrogen and oxygen atoms in total. The van der Waals surface area contributed by atoms with Crippen LogP contribution in [-0.2, 0) is 17.8 Å². The lowest BCUT2D eigenvalue weighted by Gasteiger charge is -2.07. The van der Waals surface area contributed by atoms with Gasteiger partial charge in [-0.15, -0.1) is 0 Å². The first kappa shape index (κ1) is 18.4. The molecule has 0 saturated carbocycles. The molecule has 3 aromatic rings. The number of aromatic nitrogens is 1. The molecule has 140 valence electrons. The van der Waals surface area contributed by atoms with E-state index in [-0.39, 0.29) is 23.7 Å². The quantitative estimate of drug-likeness (QED) is 0.507. The van der Waals surface area contributed by atoms with Crippen LogP contribution in [0.25, 0.3) is 11.1 Å². The molecule has 3 rings (SSSR count). The lowest BCUT2D eigenvalue weighted by atomic mass is 10.1. The van der Waals surface area contributed by atoms with Crippen molar-refractivity contribution in [3.63, 3.8) is 0 Å². The van der Waals surface area contributed by atoms with E-state index >= 15 is 0 Å². The molecule has 8 heteroatoms. The van der Waals surface area contributed by atoms with Gasteiger partial charge in [-0.3, -0.25) is 19.5 Å². The van der Waals surface area contributed by atoms with Crippen LogP contribution in [0.2, 0.25) is 0 Å². The van der Waals surface area contributed by atoms with E-state index in [4.69, 9.17) is 4.42 Å². The van der Waals surface area contributed by atoms with Gasteiger partial charge in [0.2, 0.25) is 5.91 Å². The molecule has 1 heterocycles. The molecule has 1 N–H and O–H groups in total. The van der Waals surface area contributed by atoms with Gasteiger partial charge in [0.05, 0.1) is 16.5 Å². The van der Waals surface area contributed by atoms with Crippen LogP contribution in [0.4, 0.5) is 11.4 Å². The third-order valence-corrected chi connectivity index (χ3v) is 4.22. The molecule has 0 radical (unpaired) electrons. The molecular formula is C19H19N3O5. The van der Waals surface area contributed by atoms with E-state index in [1.807, 2.05) is 24.3 Å². The van der Waals surface area contributed by atoms with Gasteiger partial charge in [0.1, 0.15) is 6.54 Å². The van der Waals surface area contributed by atoms with Crippen molar-refractivity contribution in [1.29, 1.82) is 0 Å². The summed E-state index contributed by atoms with van der Waals surface area (Å²) in [6.07, 6.45) is 3.22. The Labute approximate surface area is 154 Å². The molecule has 0 unspecified atom stereocenters. The maximum absolute atomic E-state index is 12.3. The summed E-state index contributed by atoms with van der Waals surface area (Å²) in [6, 6.07) is 11.4. The van der Waals surface area contributed by atoms with Crippen LogP contribution < -0.4 is 11.1 Å². The van der Waals surface area contributed by atoms with Crippen molar-refractivity contribution >= 4 is 28.4 Å². The first-order valence-corrected chi connectivity index (χ1v) is 8.64. The number of anilines is 1. The standard InChI is InChI=1S/C19H19N3O5/c1-2-3-4-13-5-7-14(8-6-13)20-18(23)12-21-16-10-9-15(22(25)26)11-17(16)27-19(21)24/h5-11H,2-4,12H2,1H3,(H,20,23). The van der Waals surface area contributed by atoms with Gasteiger partial charge in [0.15, 0.2) is 5.58 Å². The summed E-state index contributed by atoms with van der Waals surface area (Å²) < 4.78 is 6.16. The first-order valence-electron chi connectivity index (χ1n) is 8.64. The molecule has 0 aliphatic carbocycles. The summed E-state index contributed by atoms with van der Waals surface area (Å²) in [5, 5.41) is 13.6. The van der Waals surface area contributed by atoms with E-state index in [9.17, 15) is 19.7 Å². The number of unbranched alkanes of at least 4 members (excludes halogenated alkanes) is 1. The zero-order valence-corrected chi connectivity index (χ0v) is 14.8. The van der Waals surface area contributed by atoms with Gasteiger partial charge in [0, 0.05) is 11.8 Å². The number of nitrogens with one attached hydrogen (secondary N) is 1. The van der Waals surface area contributed by atoms with E-state index in [1.165, 1.54) is 23.8 Å². The number of hydrogen-bond donors (Lipinski definition) is 1. The average molecular weight is 369 g/mol. The summed E-state index contributed by atoms with van der Waals surface area (Å²) in [6.45, 7) is 1.88. The van der Waals surface area contributed by atoms with E-state index in [0.717, 1.165) is 23.8 Å². The number of nitro benzene ring substituents is 1. The number of carbonyl (C=O) groups excluding carboxylic acids is 1. The van der Waals surface area contributed by atoms with Crippen molar-refractivity contribution in [3.8, 4) is 0 Å². The highest BCUT2D eigenvalue weighted by molar-refractivity contribution is 5.91. The Kier molecular flexibility index (Phi) is 5.35. The van der Waals surface area contributed by atoms with Crippen molar-refractivity contribution in [2.24, 2.45) is 0 Å². The second-order valence-electron chi connectivity index (χ2n) is 6.21. The van der Waals surface area contributed by atoms with Crippen LogP contribution in [0.1, 0.15) is 25.3 Å². The Bertz CT molecular complexity index is 1030. The highest BCUT2D eigenvalue weighted by Gasteiger charge is 2.16. The highest BCUT2D eigenvalue weighted by Crippen LogP contribution is 2.20. The Hall–Kier alpha value is -3.42. The van der Waals surface area contributed by atoms with Gasteiger partial charge in [-0.1, -0.05) is 25.5 Å². The number of nitrogens with zero attached hydrogens (tertiary/aromatic N) is 2. The van der Waals surface area contributed by atoms with Gasteiger partial charge in [-0.05, 0) is 36.6 Å². The largest absolute Gasteiger partial charge is 0.420 e. The van der Waals surface area contributed by atoms with Crippen molar-refractivity contribution in [2.45, 2.75) is 32.7 Å². The molecule has 1 aromatic heterocycles. The second-order valence-corrected chi connectivity index (χ2v) is 6.21. The first-order chi connectivity index (χ1) is 13.0. The summed E-state index contributed by atoms with van der Waals surface area (Å²) >= 11 is 0. The fourth-order valence-electron chi connectivity index (χ4n) is 2.80. The molecule has 0 aliphatic rings. The zero-order chi connectivity index (χ0) is 19.4. The Balaban J connectivity index is 1.73. The molecule has 1 amide bonds. The molecule has 0 saturated heterocycles. The number of oxazole rings is 1. The average Bonchev–Trinajstić information content (AvgIpc) is 2.95. The molecule has 0 spiro atoms. The third kappa shape index (κ3) is 4.22. The summed E-state index contributed by atoms with van der Waals surface area (Å²) in [5.41, 5.74) is 2.05. The number of non-ortho nitro benzene ring substituents is 1. The lowest BCUT2D eigenvalue weighted by Crippen LogP contribution is -2.24. The predicted molar refractivity (Wildman–Crippen MR) is 101 cm³/mol. The fourth-order valence-corrected chi connectivity index (χ4v) is 2.80. The van der Waals surface area contributed by atoms with Crippen molar-refractivity contribution in [2.75, 3.05) is 5.32 Å². The summed E-state index contributed by atoms with van der Waals surface area (Å²) in [4.78, 5) is 34.5. The summed E-state index contributed by atoms with van der Waals surface area (Å²) in [7, 11) is 0. The predicted octanol–water partition coefficient (Wildman–Crippen LogP) is 3.48. The second kappa shape index (κ2) is 7.86. The minimum absolute atomic E-state index is 0.0716. The third-order valence-electron chi connectivity index (χ3n) is 4.22. The zero-order valence-electron chi connectivity index (χ0n) is 14.8. The maximum atomic E-state index is 12.3. The van der Waals surface area contributed by atoms with Gasteiger partial charge in [0.25, 0.3) is 5.69 Å². The normalized spacial score (nSPS) is 10.9. The number of benzene rings is 2. The van der Waals surface area contributed by atoms with Crippen LogP contribution in [0, 0.1) is 10.1 Å². The number of carbonyl (C=O) groups is 1. The van der Waals surface area contributed by atoms with Crippen LogP contribution in [-0.4, -0.2) is 15.4 Å². The van der Waals surface area contributed by atoms with Gasteiger partial charge >= 0.3 is 5.76 Å². The van der Waals surface area contributed by atoms with E-state index < -0.39 is 10.7 Å². The number of fused-ring (bicyclic) bond motifs is 1. The number of hydrogen-bond acceptors (Lipinski definition) is 5. The van der Waals surface area contributed by atoms with Gasteiger partial charge in [-0.2, -0.15) is 0 Å². The van der Waals surface area contributed by atoms with E-state index in [0.29, 0.717) is 11.2 Å². The topological polar surface area (TPSA) is 107 Å². The maximum Gasteiger partial charge on any atom is 0.420 e. The van der Waals surface area contributed by atoms with Crippen molar-refractivity contribution < 1.29 is 14.1 Å². The van der Waals surface area contributed by atoms with Crippen LogP contribution in [0.5, 0.6) is 0 Å². The van der Waals surface area contributed by atoms with Crippen molar-refractivity contribution in [3.05, 3.63) is 68.7 Å². The lowest BCUT2D eigenvalue weighted by molar-refractivity contribution is -0.384. The molecule has 0 bridgehead atoms. The van der Waals surface area contributed by atoms with E-state index in [2.05, 4.69) is 12.2 Å². The van der Waals surface area contributed by atoms with Gasteiger partial charge < -0.3 is 9.73 Å². The minimum Gasteiger partial charge on any atom is -0.407 e. The molecule has 0 fully saturated rings. The Morgan fingerprint density at radius 1 is 1.22 bits per heavy atom. The SMILES string of the molecule is CCCCc1ccc(NC(=O)Cn2c(=O)oc3cc([N+](=O)[O-])ccc32)cc1. The number of aryl methyl sites for hydroxylation is 1. The fraction of sp³-hybridized carbons (Fsp3) is 0.263. The number of rotatable bonds is 7. The molecule has 27 heavy (non-hydrogen) atoms. The smallest absolute Gasteiger partial charge is 0.407 e.